The molecule has 0 spiro atoms. The lowest BCUT2D eigenvalue weighted by Gasteiger charge is -2.37. The first-order valence-corrected chi connectivity index (χ1v) is 13.8. The predicted molar refractivity (Wildman–Crippen MR) is 168 cm³/mol. The smallest absolute Gasteiger partial charge is 0.268 e. The van der Waals surface area contributed by atoms with Crippen LogP contribution in [0.3, 0.4) is 0 Å². The van der Waals surface area contributed by atoms with E-state index < -0.39 is 11.4 Å². The molecule has 43 heavy (non-hydrogen) atoms. The maximum atomic E-state index is 14.0. The van der Waals surface area contributed by atoms with Gasteiger partial charge in [-0.1, -0.05) is 109 Å². The molecule has 0 bridgehead atoms. The normalized spacial score (nSPS) is 11.6. The lowest BCUT2D eigenvalue weighted by atomic mass is 9.77. The summed E-state index contributed by atoms with van der Waals surface area (Å²) in [5, 5.41) is 5.87. The second kappa shape index (κ2) is 11.8. The van der Waals surface area contributed by atoms with E-state index in [0.717, 1.165) is 22.2 Å². The number of nitrogens with two attached hydrogens (primary N) is 1. The molecule has 6 aromatic rings. The van der Waals surface area contributed by atoms with Crippen LogP contribution in [0.5, 0.6) is 5.75 Å². The number of benzene rings is 5. The summed E-state index contributed by atoms with van der Waals surface area (Å²) < 4.78 is 21.9. The van der Waals surface area contributed by atoms with E-state index in [1.807, 2.05) is 77.5 Å². The number of nitrogen functional groups attached to an aromatic ring is 1. The highest BCUT2D eigenvalue weighted by Crippen LogP contribution is 2.44. The van der Waals surface area contributed by atoms with Crippen molar-refractivity contribution < 1.29 is 13.9 Å². The molecule has 0 unspecified atom stereocenters. The van der Waals surface area contributed by atoms with E-state index in [0.29, 0.717) is 22.4 Å². The van der Waals surface area contributed by atoms with Crippen molar-refractivity contribution in [3.05, 3.63) is 167 Å². The molecule has 0 saturated heterocycles. The van der Waals surface area contributed by atoms with Crippen molar-refractivity contribution in [1.29, 1.82) is 0 Å². The Morgan fingerprint density at radius 3 is 1.91 bits per heavy atom. The minimum atomic E-state index is -0.921. The van der Waals surface area contributed by atoms with Gasteiger partial charge in [-0.2, -0.15) is 5.10 Å². The SMILES string of the molecule is COc1c(C(=O)NN)ccc2c1c(/C=C/c1cccc(F)c1)nn2C(c1ccccc1)(c1ccccc1)c1ccccc1. The van der Waals surface area contributed by atoms with Gasteiger partial charge < -0.3 is 4.74 Å². The monoisotopic (exact) mass is 568 g/mol. The Balaban J connectivity index is 1.76. The number of halogens is 1. The number of carbonyl (C=O) groups is 1. The van der Waals surface area contributed by atoms with Gasteiger partial charge in [0.15, 0.2) is 0 Å². The van der Waals surface area contributed by atoms with Crippen molar-refractivity contribution in [2.24, 2.45) is 5.84 Å². The molecular weight excluding hydrogens is 539 g/mol. The fraction of sp³-hybridized carbons (Fsp3) is 0.0556. The number of ether oxygens (including phenoxy) is 1. The highest BCUT2D eigenvalue weighted by molar-refractivity contribution is 6.05. The number of aromatic nitrogens is 2. The zero-order valence-corrected chi connectivity index (χ0v) is 23.4. The molecule has 3 N–H and O–H groups in total. The Hall–Kier alpha value is -5.53. The Morgan fingerprint density at radius 2 is 1.40 bits per heavy atom. The lowest BCUT2D eigenvalue weighted by Crippen LogP contribution is -2.38. The third-order valence-electron chi connectivity index (χ3n) is 7.58. The second-order valence-corrected chi connectivity index (χ2v) is 10.0. The molecule has 5 aromatic carbocycles. The van der Waals surface area contributed by atoms with Crippen molar-refractivity contribution in [3.8, 4) is 5.75 Å². The summed E-state index contributed by atoms with van der Waals surface area (Å²) >= 11 is 0. The van der Waals surface area contributed by atoms with Crippen LogP contribution >= 0.6 is 0 Å². The van der Waals surface area contributed by atoms with E-state index >= 15 is 0 Å². The zero-order valence-electron chi connectivity index (χ0n) is 23.4. The number of carbonyl (C=O) groups excluding carboxylic acids is 1. The average Bonchev–Trinajstić information content (AvgIpc) is 3.43. The van der Waals surface area contributed by atoms with Crippen molar-refractivity contribution in [1.82, 2.24) is 15.2 Å². The van der Waals surface area contributed by atoms with Gasteiger partial charge in [0, 0.05) is 0 Å². The number of hydrogen-bond acceptors (Lipinski definition) is 4. The molecule has 6 rings (SSSR count). The number of amides is 1. The molecule has 0 fully saturated rings. The molecule has 0 aliphatic heterocycles. The zero-order chi connectivity index (χ0) is 29.8. The van der Waals surface area contributed by atoms with Crippen LogP contribution in [0.15, 0.2) is 127 Å². The van der Waals surface area contributed by atoms with Gasteiger partial charge in [-0.3, -0.25) is 10.2 Å². The van der Waals surface area contributed by atoms with Gasteiger partial charge >= 0.3 is 0 Å². The lowest BCUT2D eigenvalue weighted by molar-refractivity contribution is 0.0951. The van der Waals surface area contributed by atoms with Crippen LogP contribution in [0.1, 0.15) is 38.3 Å². The average molecular weight is 569 g/mol. The van der Waals surface area contributed by atoms with E-state index in [1.54, 1.807) is 18.2 Å². The molecule has 1 aromatic heterocycles. The van der Waals surface area contributed by atoms with Crippen LogP contribution in [-0.2, 0) is 5.54 Å². The van der Waals surface area contributed by atoms with Crippen LogP contribution in [-0.4, -0.2) is 22.8 Å². The van der Waals surface area contributed by atoms with Gasteiger partial charge in [-0.25, -0.2) is 14.9 Å². The van der Waals surface area contributed by atoms with E-state index in [-0.39, 0.29) is 11.4 Å². The fourth-order valence-electron chi connectivity index (χ4n) is 5.74. The van der Waals surface area contributed by atoms with Crippen LogP contribution in [0.2, 0.25) is 0 Å². The predicted octanol–water partition coefficient (Wildman–Crippen LogP) is 6.80. The molecule has 0 atom stereocenters. The number of nitrogens with zero attached hydrogens (tertiary/aromatic N) is 2. The third-order valence-corrected chi connectivity index (χ3v) is 7.58. The van der Waals surface area contributed by atoms with Crippen LogP contribution in [0.4, 0.5) is 4.39 Å². The Bertz CT molecular complexity index is 1820. The maximum absolute atomic E-state index is 14.0. The van der Waals surface area contributed by atoms with Crippen LogP contribution in [0, 0.1) is 5.82 Å². The first-order chi connectivity index (χ1) is 21.1. The summed E-state index contributed by atoms with van der Waals surface area (Å²) in [4.78, 5) is 12.8. The number of rotatable bonds is 8. The molecule has 7 heteroatoms. The van der Waals surface area contributed by atoms with Gasteiger partial charge in [0.05, 0.1) is 29.3 Å². The number of methoxy groups -OCH3 is 1. The van der Waals surface area contributed by atoms with Crippen molar-refractivity contribution in [3.63, 3.8) is 0 Å². The summed E-state index contributed by atoms with van der Waals surface area (Å²) in [6.45, 7) is 0. The molecule has 0 aliphatic rings. The number of nitrogens with one attached hydrogen (secondary N) is 1. The number of hydrazine groups is 1. The summed E-state index contributed by atoms with van der Waals surface area (Å²) in [5.74, 6) is 5.03. The van der Waals surface area contributed by atoms with Gasteiger partial charge in [0.25, 0.3) is 5.91 Å². The summed E-state index contributed by atoms with van der Waals surface area (Å²) in [7, 11) is 1.51. The molecule has 0 radical (unpaired) electrons. The first kappa shape index (κ1) is 27.6. The van der Waals surface area contributed by atoms with Crippen molar-refractivity contribution in [2.75, 3.05) is 7.11 Å². The first-order valence-electron chi connectivity index (χ1n) is 13.8. The fourth-order valence-corrected chi connectivity index (χ4v) is 5.74. The topological polar surface area (TPSA) is 82.2 Å². The third kappa shape index (κ3) is 4.86. The quantitative estimate of drug-likeness (QED) is 0.0916. The van der Waals surface area contributed by atoms with E-state index in [4.69, 9.17) is 15.7 Å². The standard InChI is InChI=1S/C36H29FN4O2/c1-43-34-30(35(42)39-38)21-23-32-33(34)31(22-20-25-12-11-19-29(37)24-25)40-41(32)36(26-13-5-2-6-14-26,27-15-7-3-8-16-27)28-17-9-4-10-18-28/h2-24H,38H2,1H3,(H,39,42)/b22-20+. The molecule has 6 nitrogen and oxygen atoms in total. The Labute approximate surface area is 248 Å². The Kier molecular flexibility index (Phi) is 7.56. The van der Waals surface area contributed by atoms with Crippen LogP contribution < -0.4 is 16.0 Å². The highest BCUT2D eigenvalue weighted by Gasteiger charge is 2.41. The molecule has 1 heterocycles. The number of hydrogen-bond donors (Lipinski definition) is 2. The highest BCUT2D eigenvalue weighted by atomic mass is 19.1. The van der Waals surface area contributed by atoms with Gasteiger partial charge in [-0.15, -0.1) is 0 Å². The second-order valence-electron chi connectivity index (χ2n) is 10.0. The van der Waals surface area contributed by atoms with Gasteiger partial charge in [0.2, 0.25) is 0 Å². The van der Waals surface area contributed by atoms with E-state index in [2.05, 4.69) is 41.8 Å². The largest absolute Gasteiger partial charge is 0.495 e. The molecule has 1 amide bonds. The summed E-state index contributed by atoms with van der Waals surface area (Å²) in [6.07, 6.45) is 3.60. The van der Waals surface area contributed by atoms with Crippen molar-refractivity contribution in [2.45, 2.75) is 5.54 Å². The van der Waals surface area contributed by atoms with Gasteiger partial charge in [-0.05, 0) is 52.6 Å². The Morgan fingerprint density at radius 1 is 0.814 bits per heavy atom. The van der Waals surface area contributed by atoms with Crippen molar-refractivity contribution >= 4 is 29.0 Å². The molecule has 0 aliphatic carbocycles. The summed E-state index contributed by atoms with van der Waals surface area (Å²) in [5.41, 5.74) is 6.44. The van der Waals surface area contributed by atoms with Crippen LogP contribution in [0.25, 0.3) is 23.1 Å². The molecular formula is C36H29FN4O2. The molecule has 212 valence electrons. The minimum Gasteiger partial charge on any atom is -0.495 e. The summed E-state index contributed by atoms with van der Waals surface area (Å²) in [6, 6.07) is 40.4. The maximum Gasteiger partial charge on any atom is 0.268 e. The number of fused-ring (bicyclic) bond motifs is 1. The van der Waals surface area contributed by atoms with E-state index in [1.165, 1.54) is 19.2 Å². The van der Waals surface area contributed by atoms with Gasteiger partial charge in [0.1, 0.15) is 17.1 Å². The minimum absolute atomic E-state index is 0.266. The molecule has 0 saturated carbocycles. The van der Waals surface area contributed by atoms with E-state index in [9.17, 15) is 9.18 Å².